The molecule has 3 amide bonds. The van der Waals surface area contributed by atoms with Crippen LogP contribution >= 0.6 is 0 Å². The summed E-state index contributed by atoms with van der Waals surface area (Å²) in [4.78, 5) is 53.7. The Kier molecular flexibility index (Phi) is 17.0. The van der Waals surface area contributed by atoms with Gasteiger partial charge in [-0.25, -0.2) is 4.39 Å². The molecule has 1 N–H and O–H groups in total. The van der Waals surface area contributed by atoms with Crippen LogP contribution in [0.1, 0.15) is 121 Å². The summed E-state index contributed by atoms with van der Waals surface area (Å²) in [5, 5.41) is 11.3. The lowest BCUT2D eigenvalue weighted by Crippen LogP contribution is -2.31. The minimum atomic E-state index is -0.825. The lowest BCUT2D eigenvalue weighted by atomic mass is 9.75. The zero-order valence-electron chi connectivity index (χ0n) is 40.3. The molecule has 13 heteroatoms. The summed E-state index contributed by atoms with van der Waals surface area (Å²) in [5.74, 6) is 1.90. The first kappa shape index (κ1) is 49.2. The van der Waals surface area contributed by atoms with Crippen molar-refractivity contribution in [1.82, 2.24) is 23.8 Å². The fourth-order valence-corrected chi connectivity index (χ4v) is 11.5. The van der Waals surface area contributed by atoms with E-state index in [2.05, 4.69) is 47.2 Å². The highest BCUT2D eigenvalue weighted by atomic mass is 19.1. The second-order valence-electron chi connectivity index (χ2n) is 19.3. The van der Waals surface area contributed by atoms with Gasteiger partial charge in [0.15, 0.2) is 0 Å². The maximum atomic E-state index is 13.2. The van der Waals surface area contributed by atoms with Crippen LogP contribution < -0.4 is 0 Å². The summed E-state index contributed by atoms with van der Waals surface area (Å²) in [6.45, 7) is 10.3. The van der Waals surface area contributed by atoms with Crippen molar-refractivity contribution in [1.29, 1.82) is 0 Å². The average Bonchev–Trinajstić information content (AvgIpc) is 3.84. The third-order valence-electron chi connectivity index (χ3n) is 15.3. The standard InChI is InChI=1S/C28H40FN3O3.C25H34N2O4/c1-4-32-25-9-7-21(20-11-16-35-17-12-20)18-23(25)24-19-22(8-10-26(24)32)28(34)31(3)14-5-6-27(33)30(2)15-13-29;1-3-27-22-8-6-18(17-10-13-31-14-11-17)15-20(22)21-16-19(7-9-23(21)27)25(30)26(2)12-4-5-24(28)29/h8,10,19-21H,4-7,9,11-18H2,1-3H3;7,9,16-18H,3-6,8,10-15H2,1-2H3,(H,28,29). The number of rotatable bonds is 16. The Morgan fingerprint density at radius 3 is 1.47 bits per heavy atom. The molecule has 66 heavy (non-hydrogen) atoms. The highest BCUT2D eigenvalue weighted by molar-refractivity contribution is 6.00. The molecular formula is C53H74FN5O7. The van der Waals surface area contributed by atoms with E-state index in [9.17, 15) is 23.6 Å². The summed E-state index contributed by atoms with van der Waals surface area (Å²) in [6, 6.07) is 12.2. The molecular weight excluding hydrogens is 838 g/mol. The molecule has 360 valence electrons. The maximum absolute atomic E-state index is 13.2. The number of carboxylic acid groups (broad SMARTS) is 1. The zero-order valence-corrected chi connectivity index (χ0v) is 40.3. The van der Waals surface area contributed by atoms with Gasteiger partial charge in [-0.3, -0.25) is 19.2 Å². The first-order chi connectivity index (χ1) is 31.9. The number of carbonyl (C=O) groups excluding carboxylic acids is 3. The molecule has 2 fully saturated rings. The molecule has 4 aliphatic rings. The molecule has 2 aromatic carbocycles. The SMILES string of the molecule is CCn1c2c(c3cc(C(=O)N(C)CCCC(=O)N(C)CCF)ccc31)CC(C1CCOCC1)CC2.CCn1c2c(c3cc(C(=O)N(C)CCCC(=O)O)ccc31)CC(C1CCOCC1)CC2. The van der Waals surface area contributed by atoms with E-state index in [-0.39, 0.29) is 30.7 Å². The van der Waals surface area contributed by atoms with Gasteiger partial charge in [0.05, 0.1) is 0 Å². The largest absolute Gasteiger partial charge is 0.481 e. The van der Waals surface area contributed by atoms with E-state index in [4.69, 9.17) is 14.6 Å². The number of hydrogen-bond donors (Lipinski definition) is 1. The number of aromatic nitrogens is 2. The van der Waals surface area contributed by atoms with Crippen LogP contribution in [-0.4, -0.2) is 127 Å². The highest BCUT2D eigenvalue weighted by Crippen LogP contribution is 2.41. The minimum Gasteiger partial charge on any atom is -0.481 e. The molecule has 12 nitrogen and oxygen atoms in total. The Hall–Kier alpha value is -4.75. The van der Waals surface area contributed by atoms with Gasteiger partial charge >= 0.3 is 5.97 Å². The van der Waals surface area contributed by atoms with Crippen molar-refractivity contribution in [2.75, 3.05) is 73.9 Å². The van der Waals surface area contributed by atoms with Crippen LogP contribution in [0.5, 0.6) is 0 Å². The summed E-state index contributed by atoms with van der Waals surface area (Å²) < 4.78 is 28.5. The maximum Gasteiger partial charge on any atom is 0.303 e. The van der Waals surface area contributed by atoms with E-state index in [1.165, 1.54) is 62.1 Å². The Morgan fingerprint density at radius 1 is 0.621 bits per heavy atom. The number of nitrogens with zero attached hydrogens (tertiary/aromatic N) is 5. The first-order valence-electron chi connectivity index (χ1n) is 24.9. The van der Waals surface area contributed by atoms with Gasteiger partial charge in [0.25, 0.3) is 11.8 Å². The topological polar surface area (TPSA) is 127 Å². The van der Waals surface area contributed by atoms with E-state index in [1.54, 1.807) is 30.9 Å². The van der Waals surface area contributed by atoms with Crippen molar-refractivity contribution < 1.29 is 38.1 Å². The highest BCUT2D eigenvalue weighted by Gasteiger charge is 2.33. The van der Waals surface area contributed by atoms with E-state index in [1.807, 2.05) is 12.1 Å². The first-order valence-corrected chi connectivity index (χ1v) is 24.9. The van der Waals surface area contributed by atoms with Crippen LogP contribution in [-0.2, 0) is 57.8 Å². The van der Waals surface area contributed by atoms with Crippen molar-refractivity contribution in [3.05, 3.63) is 70.0 Å². The molecule has 2 aliphatic carbocycles. The van der Waals surface area contributed by atoms with Gasteiger partial charge in [-0.05, 0) is 162 Å². The number of aliphatic carboxylic acids is 1. The molecule has 2 saturated heterocycles. The van der Waals surface area contributed by atoms with Crippen LogP contribution in [0.25, 0.3) is 21.8 Å². The smallest absolute Gasteiger partial charge is 0.303 e. The second kappa shape index (κ2) is 22.8. The van der Waals surface area contributed by atoms with Crippen LogP contribution in [0.2, 0.25) is 0 Å². The summed E-state index contributed by atoms with van der Waals surface area (Å²) in [6.07, 6.45) is 12.9. The van der Waals surface area contributed by atoms with Gasteiger partial charge in [-0.2, -0.15) is 0 Å². The third kappa shape index (κ3) is 11.2. The predicted octanol–water partition coefficient (Wildman–Crippen LogP) is 8.60. The fourth-order valence-electron chi connectivity index (χ4n) is 11.5. The number of halogens is 1. The lowest BCUT2D eigenvalue weighted by Gasteiger charge is -2.33. The number of aryl methyl sites for hydroxylation is 2. The van der Waals surface area contributed by atoms with Gasteiger partial charge in [0.1, 0.15) is 6.67 Å². The number of fused-ring (bicyclic) bond motifs is 6. The molecule has 2 aliphatic heterocycles. The van der Waals surface area contributed by atoms with Crippen molar-refractivity contribution in [3.63, 3.8) is 0 Å². The molecule has 0 bridgehead atoms. The number of carboxylic acids is 1. The minimum absolute atomic E-state index is 0.0220. The molecule has 4 heterocycles. The summed E-state index contributed by atoms with van der Waals surface area (Å²) in [7, 11) is 5.15. The number of hydrogen-bond acceptors (Lipinski definition) is 6. The Balaban J connectivity index is 0.000000198. The fraction of sp³-hybridized carbons (Fsp3) is 0.623. The number of carbonyl (C=O) groups is 4. The van der Waals surface area contributed by atoms with Crippen LogP contribution in [0.4, 0.5) is 4.39 Å². The molecule has 0 spiro atoms. The van der Waals surface area contributed by atoms with Gasteiger partial charge in [-0.15, -0.1) is 0 Å². The average molecular weight is 912 g/mol. The Bertz CT molecular complexity index is 2320. The molecule has 8 rings (SSSR count). The summed E-state index contributed by atoms with van der Waals surface area (Å²) in [5.41, 5.74) is 9.60. The quantitative estimate of drug-likeness (QED) is 0.119. The van der Waals surface area contributed by atoms with Gasteiger partial charge < -0.3 is 38.4 Å². The van der Waals surface area contributed by atoms with E-state index in [0.717, 1.165) is 103 Å². The predicted molar refractivity (Wildman–Crippen MR) is 257 cm³/mol. The van der Waals surface area contributed by atoms with Crippen LogP contribution in [0, 0.1) is 23.7 Å². The molecule has 2 unspecified atom stereocenters. The normalized spacial score (nSPS) is 18.9. The number of amides is 3. The van der Waals surface area contributed by atoms with Crippen molar-refractivity contribution >= 4 is 45.5 Å². The number of benzene rings is 2. The molecule has 0 saturated carbocycles. The van der Waals surface area contributed by atoms with Crippen molar-refractivity contribution in [2.45, 2.75) is 117 Å². The van der Waals surface area contributed by atoms with Gasteiger partial charge in [-0.1, -0.05) is 0 Å². The Labute approximate surface area is 390 Å². The van der Waals surface area contributed by atoms with Crippen LogP contribution in [0.3, 0.4) is 0 Å². The third-order valence-corrected chi connectivity index (χ3v) is 15.3. The summed E-state index contributed by atoms with van der Waals surface area (Å²) >= 11 is 0. The van der Waals surface area contributed by atoms with E-state index >= 15 is 0 Å². The molecule has 0 radical (unpaired) electrons. The lowest BCUT2D eigenvalue weighted by molar-refractivity contribution is -0.137. The van der Waals surface area contributed by atoms with Crippen molar-refractivity contribution in [2.24, 2.45) is 23.7 Å². The molecule has 4 aromatic rings. The number of ether oxygens (including phenoxy) is 2. The zero-order chi connectivity index (χ0) is 46.9. The van der Waals surface area contributed by atoms with E-state index in [0.29, 0.717) is 55.3 Å². The van der Waals surface area contributed by atoms with Gasteiger partial charge in [0, 0.05) is 137 Å². The monoisotopic (exact) mass is 912 g/mol. The van der Waals surface area contributed by atoms with E-state index < -0.39 is 12.6 Å². The van der Waals surface area contributed by atoms with Crippen LogP contribution in [0.15, 0.2) is 36.4 Å². The second-order valence-corrected chi connectivity index (χ2v) is 19.3. The molecule has 2 aromatic heterocycles. The van der Waals surface area contributed by atoms with Crippen molar-refractivity contribution in [3.8, 4) is 0 Å². The van der Waals surface area contributed by atoms with Gasteiger partial charge in [0.2, 0.25) is 5.91 Å². The molecule has 2 atom stereocenters. The Morgan fingerprint density at radius 2 is 1.06 bits per heavy atom. The number of alkyl halides is 1.